The van der Waals surface area contributed by atoms with E-state index < -0.39 is 48.0 Å². The highest BCUT2D eigenvalue weighted by atomic mass is 19.4. The van der Waals surface area contributed by atoms with Crippen molar-refractivity contribution in [1.29, 1.82) is 5.26 Å². The van der Waals surface area contributed by atoms with Crippen LogP contribution in [0, 0.1) is 11.3 Å². The standard InChI is InChI=1S/C10H8F5N3/c11-9(12)6-4-18-7(1-2-16)8(5(6)3-17)10(13,14)15/h4,9H,1,3,17H2. The van der Waals surface area contributed by atoms with Crippen molar-refractivity contribution in [2.24, 2.45) is 5.73 Å². The Kier molecular flexibility index (Phi) is 4.19. The van der Waals surface area contributed by atoms with Crippen LogP contribution >= 0.6 is 0 Å². The van der Waals surface area contributed by atoms with E-state index in [4.69, 9.17) is 11.0 Å². The normalized spacial score (nSPS) is 11.7. The number of nitrogens with zero attached hydrogens (tertiary/aromatic N) is 2. The molecule has 2 N–H and O–H groups in total. The average Bonchev–Trinajstić information content (AvgIpc) is 2.26. The molecule has 1 heterocycles. The molecule has 0 aliphatic rings. The van der Waals surface area contributed by atoms with Crippen LogP contribution in [0.15, 0.2) is 6.20 Å². The fraction of sp³-hybridized carbons (Fsp3) is 0.400. The van der Waals surface area contributed by atoms with Gasteiger partial charge >= 0.3 is 6.18 Å². The van der Waals surface area contributed by atoms with Gasteiger partial charge in [-0.3, -0.25) is 4.98 Å². The van der Waals surface area contributed by atoms with Crippen molar-refractivity contribution >= 4 is 0 Å². The number of hydrogen-bond acceptors (Lipinski definition) is 3. The van der Waals surface area contributed by atoms with Gasteiger partial charge in [0.05, 0.1) is 23.7 Å². The molecule has 1 rings (SSSR count). The first-order chi connectivity index (χ1) is 8.32. The van der Waals surface area contributed by atoms with Crippen LogP contribution in [-0.4, -0.2) is 4.98 Å². The molecule has 0 radical (unpaired) electrons. The van der Waals surface area contributed by atoms with Crippen LogP contribution in [0.25, 0.3) is 0 Å². The summed E-state index contributed by atoms with van der Waals surface area (Å²) < 4.78 is 63.6. The molecule has 8 heteroatoms. The Bertz CT molecular complexity index is 476. The molecule has 0 aliphatic carbocycles. The van der Waals surface area contributed by atoms with Gasteiger partial charge < -0.3 is 5.73 Å². The number of halogens is 5. The predicted molar refractivity (Wildman–Crippen MR) is 51.4 cm³/mol. The van der Waals surface area contributed by atoms with E-state index >= 15 is 0 Å². The lowest BCUT2D eigenvalue weighted by atomic mass is 9.99. The van der Waals surface area contributed by atoms with E-state index in [0.717, 1.165) is 0 Å². The zero-order chi connectivity index (χ0) is 13.9. The molecule has 1 aromatic rings. The summed E-state index contributed by atoms with van der Waals surface area (Å²) in [5, 5.41) is 8.42. The van der Waals surface area contributed by atoms with Crippen molar-refractivity contribution in [2.45, 2.75) is 25.6 Å². The molecule has 0 spiro atoms. The first kappa shape index (κ1) is 14.3. The summed E-state index contributed by atoms with van der Waals surface area (Å²) in [6.07, 6.45) is -7.97. The number of nitriles is 1. The maximum atomic E-state index is 12.8. The van der Waals surface area contributed by atoms with Crippen LogP contribution in [0.4, 0.5) is 22.0 Å². The minimum absolute atomic E-state index is 0.588. The van der Waals surface area contributed by atoms with E-state index in [-0.39, 0.29) is 0 Å². The third kappa shape index (κ3) is 2.73. The lowest BCUT2D eigenvalue weighted by Gasteiger charge is -2.17. The summed E-state index contributed by atoms with van der Waals surface area (Å²) in [5.74, 6) is 0. The SMILES string of the molecule is N#CCc1ncc(C(F)F)c(CN)c1C(F)(F)F. The summed E-state index contributed by atoms with van der Waals surface area (Å²) in [7, 11) is 0. The third-order valence-electron chi connectivity index (χ3n) is 2.27. The van der Waals surface area contributed by atoms with Crippen LogP contribution in [0.2, 0.25) is 0 Å². The smallest absolute Gasteiger partial charge is 0.326 e. The minimum Gasteiger partial charge on any atom is -0.326 e. The molecule has 0 amide bonds. The molecule has 3 nitrogen and oxygen atoms in total. The van der Waals surface area contributed by atoms with Gasteiger partial charge in [-0.1, -0.05) is 0 Å². The summed E-state index contributed by atoms with van der Waals surface area (Å²) in [6, 6.07) is 1.51. The van der Waals surface area contributed by atoms with Gasteiger partial charge in [0, 0.05) is 18.3 Å². The van der Waals surface area contributed by atoms with Gasteiger partial charge in [-0.25, -0.2) is 8.78 Å². The Hall–Kier alpha value is -1.75. The molecular formula is C10H8F5N3. The van der Waals surface area contributed by atoms with Crippen molar-refractivity contribution in [3.8, 4) is 6.07 Å². The highest BCUT2D eigenvalue weighted by molar-refractivity contribution is 5.40. The molecule has 18 heavy (non-hydrogen) atoms. The molecule has 98 valence electrons. The second kappa shape index (κ2) is 5.27. The fourth-order valence-corrected chi connectivity index (χ4v) is 1.56. The van der Waals surface area contributed by atoms with Gasteiger partial charge in [0.25, 0.3) is 6.43 Å². The first-order valence-corrected chi connectivity index (χ1v) is 4.76. The zero-order valence-electron chi connectivity index (χ0n) is 8.93. The monoisotopic (exact) mass is 265 g/mol. The Labute approximate surface area is 99.0 Å². The Morgan fingerprint density at radius 1 is 1.39 bits per heavy atom. The minimum atomic E-state index is -4.88. The van der Waals surface area contributed by atoms with Crippen LogP contribution in [-0.2, 0) is 19.1 Å². The van der Waals surface area contributed by atoms with Crippen molar-refractivity contribution < 1.29 is 22.0 Å². The van der Waals surface area contributed by atoms with Crippen molar-refractivity contribution in [1.82, 2.24) is 4.98 Å². The number of pyridine rings is 1. The van der Waals surface area contributed by atoms with Gasteiger partial charge in [0.2, 0.25) is 0 Å². The predicted octanol–water partition coefficient (Wildman–Crippen LogP) is 2.56. The van der Waals surface area contributed by atoms with E-state index in [0.29, 0.717) is 6.20 Å². The molecule has 0 fully saturated rings. The van der Waals surface area contributed by atoms with E-state index in [1.165, 1.54) is 6.07 Å². The number of rotatable bonds is 3. The van der Waals surface area contributed by atoms with Gasteiger partial charge in [0.1, 0.15) is 0 Å². The van der Waals surface area contributed by atoms with Crippen LogP contribution in [0.3, 0.4) is 0 Å². The topological polar surface area (TPSA) is 62.7 Å². The van der Waals surface area contributed by atoms with Gasteiger partial charge in [-0.15, -0.1) is 0 Å². The highest BCUT2D eigenvalue weighted by Crippen LogP contribution is 2.37. The number of alkyl halides is 5. The van der Waals surface area contributed by atoms with Crippen molar-refractivity contribution in [2.75, 3.05) is 0 Å². The number of hydrogen-bond donors (Lipinski definition) is 1. The number of aromatic nitrogens is 1. The van der Waals surface area contributed by atoms with E-state index in [1.807, 2.05) is 0 Å². The number of nitrogens with two attached hydrogens (primary N) is 1. The first-order valence-electron chi connectivity index (χ1n) is 4.76. The Morgan fingerprint density at radius 2 is 2.00 bits per heavy atom. The molecule has 0 saturated heterocycles. The molecular weight excluding hydrogens is 257 g/mol. The summed E-state index contributed by atoms with van der Waals surface area (Å²) in [6.45, 7) is -0.699. The largest absolute Gasteiger partial charge is 0.418 e. The molecule has 0 unspecified atom stereocenters. The van der Waals surface area contributed by atoms with Crippen molar-refractivity contribution in [3.05, 3.63) is 28.6 Å². The molecule has 0 saturated carbocycles. The van der Waals surface area contributed by atoms with E-state index in [9.17, 15) is 22.0 Å². The summed E-state index contributed by atoms with van der Waals surface area (Å²) in [5.41, 5.74) is 1.62. The average molecular weight is 265 g/mol. The molecule has 0 aliphatic heterocycles. The van der Waals surface area contributed by atoms with Gasteiger partial charge in [0.15, 0.2) is 0 Å². The second-order valence-corrected chi connectivity index (χ2v) is 3.35. The molecule has 0 bridgehead atoms. The molecule has 0 atom stereocenters. The Balaban J connectivity index is 3.57. The van der Waals surface area contributed by atoms with Gasteiger partial charge in [-0.05, 0) is 5.56 Å². The second-order valence-electron chi connectivity index (χ2n) is 3.35. The third-order valence-corrected chi connectivity index (χ3v) is 2.27. The van der Waals surface area contributed by atoms with Gasteiger partial charge in [-0.2, -0.15) is 18.4 Å². The van der Waals surface area contributed by atoms with E-state index in [1.54, 1.807) is 0 Å². The van der Waals surface area contributed by atoms with E-state index in [2.05, 4.69) is 4.98 Å². The summed E-state index contributed by atoms with van der Waals surface area (Å²) in [4.78, 5) is 3.29. The summed E-state index contributed by atoms with van der Waals surface area (Å²) >= 11 is 0. The lowest BCUT2D eigenvalue weighted by molar-refractivity contribution is -0.139. The fourth-order valence-electron chi connectivity index (χ4n) is 1.56. The van der Waals surface area contributed by atoms with Crippen LogP contribution < -0.4 is 5.73 Å². The van der Waals surface area contributed by atoms with Crippen LogP contribution in [0.5, 0.6) is 0 Å². The molecule has 0 aromatic carbocycles. The maximum Gasteiger partial charge on any atom is 0.418 e. The quantitative estimate of drug-likeness (QED) is 0.854. The molecule has 1 aromatic heterocycles. The Morgan fingerprint density at radius 3 is 2.39 bits per heavy atom. The van der Waals surface area contributed by atoms with Crippen molar-refractivity contribution in [3.63, 3.8) is 0 Å². The highest BCUT2D eigenvalue weighted by Gasteiger charge is 2.38. The zero-order valence-corrected chi connectivity index (χ0v) is 8.93. The maximum absolute atomic E-state index is 12.8. The van der Waals surface area contributed by atoms with Crippen LogP contribution in [0.1, 0.15) is 28.8 Å². The lowest BCUT2D eigenvalue weighted by Crippen LogP contribution is -2.19.